The van der Waals surface area contributed by atoms with Crippen molar-refractivity contribution in [2.24, 2.45) is 11.3 Å². The molecule has 0 aromatic heterocycles. The van der Waals surface area contributed by atoms with E-state index < -0.39 is 12.1 Å². The number of rotatable bonds is 2. The molecular formula is C13H23NO4. The molecule has 2 unspecified atom stereocenters. The summed E-state index contributed by atoms with van der Waals surface area (Å²) in [6, 6.07) is 0. The van der Waals surface area contributed by atoms with E-state index in [1.54, 1.807) is 11.8 Å². The zero-order valence-electron chi connectivity index (χ0n) is 11.8. The maximum atomic E-state index is 12.3. The highest BCUT2D eigenvalue weighted by Gasteiger charge is 2.37. The molecule has 0 aliphatic carbocycles. The van der Waals surface area contributed by atoms with Crippen LogP contribution < -0.4 is 0 Å². The molecular weight excluding hydrogens is 234 g/mol. The van der Waals surface area contributed by atoms with Crippen molar-refractivity contribution in [1.29, 1.82) is 0 Å². The van der Waals surface area contributed by atoms with Crippen LogP contribution >= 0.6 is 0 Å². The fraction of sp³-hybridized carbons (Fsp3) is 0.846. The van der Waals surface area contributed by atoms with Crippen LogP contribution in [0.2, 0.25) is 0 Å². The summed E-state index contributed by atoms with van der Waals surface area (Å²) in [5.41, 5.74) is -0.128. The Morgan fingerprint density at radius 1 is 1.33 bits per heavy atom. The Morgan fingerprint density at radius 2 is 1.89 bits per heavy atom. The van der Waals surface area contributed by atoms with Crippen LogP contribution in [0.25, 0.3) is 0 Å². The van der Waals surface area contributed by atoms with Crippen molar-refractivity contribution >= 4 is 11.9 Å². The molecule has 5 nitrogen and oxygen atoms in total. The Hall–Kier alpha value is -1.10. The first kappa shape index (κ1) is 15.0. The lowest BCUT2D eigenvalue weighted by Gasteiger charge is -2.38. The van der Waals surface area contributed by atoms with Gasteiger partial charge in [-0.3, -0.25) is 4.79 Å². The van der Waals surface area contributed by atoms with Gasteiger partial charge in [-0.1, -0.05) is 27.7 Å². The van der Waals surface area contributed by atoms with E-state index in [-0.39, 0.29) is 29.9 Å². The third-order valence-electron chi connectivity index (χ3n) is 3.52. The van der Waals surface area contributed by atoms with Gasteiger partial charge in [0.05, 0.1) is 12.6 Å². The van der Waals surface area contributed by atoms with Gasteiger partial charge in [0.25, 0.3) is 0 Å². The van der Waals surface area contributed by atoms with Crippen molar-refractivity contribution in [2.75, 3.05) is 13.1 Å². The lowest BCUT2D eigenvalue weighted by atomic mass is 9.81. The number of carbonyl (C=O) groups excluding carboxylic acids is 1. The van der Waals surface area contributed by atoms with E-state index in [0.717, 1.165) is 0 Å². The summed E-state index contributed by atoms with van der Waals surface area (Å²) >= 11 is 0. The van der Waals surface area contributed by atoms with Crippen LogP contribution in [-0.2, 0) is 14.3 Å². The molecule has 104 valence electrons. The second-order valence-electron chi connectivity index (χ2n) is 6.10. The molecule has 1 N–H and O–H groups in total. The topological polar surface area (TPSA) is 66.8 Å². The van der Waals surface area contributed by atoms with Crippen LogP contribution in [0, 0.1) is 11.3 Å². The predicted molar refractivity (Wildman–Crippen MR) is 67.2 cm³/mol. The van der Waals surface area contributed by atoms with Crippen LogP contribution in [-0.4, -0.2) is 47.2 Å². The van der Waals surface area contributed by atoms with Gasteiger partial charge in [0.15, 0.2) is 6.10 Å². The minimum atomic E-state index is -1.01. The quantitative estimate of drug-likeness (QED) is 0.811. The average Bonchev–Trinajstić information content (AvgIpc) is 2.24. The Morgan fingerprint density at radius 3 is 2.33 bits per heavy atom. The van der Waals surface area contributed by atoms with E-state index >= 15 is 0 Å². The van der Waals surface area contributed by atoms with Crippen LogP contribution in [0.3, 0.4) is 0 Å². The summed E-state index contributed by atoms with van der Waals surface area (Å²) in [5.74, 6) is -1.15. The molecule has 1 heterocycles. The Labute approximate surface area is 108 Å². The van der Waals surface area contributed by atoms with Gasteiger partial charge in [0.1, 0.15) is 0 Å². The van der Waals surface area contributed by atoms with Crippen LogP contribution in [0.5, 0.6) is 0 Å². The SMILES string of the molecule is CC(C(=O)N1CC(C(=O)O)O[C@H](C)C1)C(C)(C)C. The second-order valence-corrected chi connectivity index (χ2v) is 6.10. The minimum absolute atomic E-state index is 0.00361. The van der Waals surface area contributed by atoms with Gasteiger partial charge in [-0.05, 0) is 12.3 Å². The van der Waals surface area contributed by atoms with E-state index in [1.807, 2.05) is 27.7 Å². The third kappa shape index (κ3) is 3.45. The normalized spacial score (nSPS) is 26.8. The van der Waals surface area contributed by atoms with E-state index in [2.05, 4.69) is 0 Å². The van der Waals surface area contributed by atoms with Crippen LogP contribution in [0.4, 0.5) is 0 Å². The summed E-state index contributed by atoms with van der Waals surface area (Å²) < 4.78 is 5.30. The van der Waals surface area contributed by atoms with Gasteiger partial charge in [0.2, 0.25) is 5.91 Å². The maximum Gasteiger partial charge on any atom is 0.334 e. The highest BCUT2D eigenvalue weighted by Crippen LogP contribution is 2.28. The lowest BCUT2D eigenvalue weighted by Crippen LogP contribution is -2.54. The standard InChI is InChI=1S/C13H23NO4/c1-8-6-14(7-10(18-8)12(16)17)11(15)9(2)13(3,4)5/h8-10H,6-7H2,1-5H3,(H,16,17)/t8-,9?,10?/m1/s1. The highest BCUT2D eigenvalue weighted by atomic mass is 16.5. The smallest absolute Gasteiger partial charge is 0.334 e. The molecule has 1 amide bonds. The molecule has 0 aromatic carbocycles. The number of amides is 1. The fourth-order valence-corrected chi connectivity index (χ4v) is 1.91. The predicted octanol–water partition coefficient (Wildman–Crippen LogP) is 1.37. The van der Waals surface area contributed by atoms with Gasteiger partial charge in [-0.2, -0.15) is 0 Å². The number of carboxylic acid groups (broad SMARTS) is 1. The first-order valence-electron chi connectivity index (χ1n) is 6.30. The minimum Gasteiger partial charge on any atom is -0.479 e. The van der Waals surface area contributed by atoms with Crippen molar-refractivity contribution in [2.45, 2.75) is 46.8 Å². The lowest BCUT2D eigenvalue weighted by molar-refractivity contribution is -0.168. The summed E-state index contributed by atoms with van der Waals surface area (Å²) in [6.45, 7) is 10.3. The molecule has 1 aliphatic rings. The molecule has 0 aromatic rings. The molecule has 1 saturated heterocycles. The number of morpholine rings is 1. The Balaban J connectivity index is 2.76. The van der Waals surface area contributed by atoms with Gasteiger partial charge in [-0.15, -0.1) is 0 Å². The molecule has 3 atom stereocenters. The summed E-state index contributed by atoms with van der Waals surface area (Å²) in [5, 5.41) is 8.99. The second kappa shape index (κ2) is 5.26. The van der Waals surface area contributed by atoms with Gasteiger partial charge in [-0.25, -0.2) is 4.79 Å². The molecule has 0 saturated carbocycles. The third-order valence-corrected chi connectivity index (χ3v) is 3.52. The van der Waals surface area contributed by atoms with Crippen LogP contribution in [0.15, 0.2) is 0 Å². The van der Waals surface area contributed by atoms with Crippen molar-refractivity contribution in [1.82, 2.24) is 4.90 Å². The van der Waals surface area contributed by atoms with Crippen molar-refractivity contribution < 1.29 is 19.4 Å². The van der Waals surface area contributed by atoms with Crippen molar-refractivity contribution in [3.63, 3.8) is 0 Å². The molecule has 0 radical (unpaired) electrons. The zero-order chi connectivity index (χ0) is 14.1. The number of hydrogen-bond donors (Lipinski definition) is 1. The summed E-state index contributed by atoms with van der Waals surface area (Å²) in [4.78, 5) is 24.9. The molecule has 0 bridgehead atoms. The van der Waals surface area contributed by atoms with E-state index in [9.17, 15) is 9.59 Å². The molecule has 1 aliphatic heterocycles. The van der Waals surface area contributed by atoms with Gasteiger partial charge < -0.3 is 14.7 Å². The number of ether oxygens (including phenoxy) is 1. The monoisotopic (exact) mass is 257 g/mol. The number of aliphatic carboxylic acids is 1. The van der Waals surface area contributed by atoms with Crippen LogP contribution in [0.1, 0.15) is 34.6 Å². The fourth-order valence-electron chi connectivity index (χ4n) is 1.91. The van der Waals surface area contributed by atoms with Gasteiger partial charge >= 0.3 is 5.97 Å². The average molecular weight is 257 g/mol. The Kier molecular flexibility index (Phi) is 4.37. The molecule has 1 fully saturated rings. The molecule has 0 spiro atoms. The number of nitrogens with zero attached hydrogens (tertiary/aromatic N) is 1. The number of carboxylic acids is 1. The summed E-state index contributed by atoms with van der Waals surface area (Å²) in [6.07, 6.45) is -1.15. The number of carbonyl (C=O) groups is 2. The molecule has 5 heteroatoms. The van der Waals surface area contributed by atoms with Gasteiger partial charge in [0, 0.05) is 12.5 Å². The zero-order valence-corrected chi connectivity index (χ0v) is 11.8. The molecule has 18 heavy (non-hydrogen) atoms. The van der Waals surface area contributed by atoms with Crippen molar-refractivity contribution in [3.05, 3.63) is 0 Å². The first-order valence-corrected chi connectivity index (χ1v) is 6.30. The Bertz CT molecular complexity index is 334. The molecule has 1 rings (SSSR count). The number of hydrogen-bond acceptors (Lipinski definition) is 3. The van der Waals surface area contributed by atoms with E-state index in [0.29, 0.717) is 6.54 Å². The van der Waals surface area contributed by atoms with E-state index in [1.165, 1.54) is 0 Å². The first-order chi connectivity index (χ1) is 8.12. The maximum absolute atomic E-state index is 12.3. The summed E-state index contributed by atoms with van der Waals surface area (Å²) in [7, 11) is 0. The van der Waals surface area contributed by atoms with E-state index in [4.69, 9.17) is 9.84 Å². The largest absolute Gasteiger partial charge is 0.479 e. The van der Waals surface area contributed by atoms with Crippen molar-refractivity contribution in [3.8, 4) is 0 Å². The highest BCUT2D eigenvalue weighted by molar-refractivity contribution is 5.81.